The number of allylic oxidation sites excluding steroid dienone is 1. The van der Waals surface area contributed by atoms with Crippen LogP contribution in [-0.2, 0) is 0 Å². The van der Waals surface area contributed by atoms with Crippen LogP contribution in [0, 0.1) is 0 Å². The van der Waals surface area contributed by atoms with Gasteiger partial charge in [-0.1, -0.05) is 29.8 Å². The van der Waals surface area contributed by atoms with Crippen LogP contribution in [0.1, 0.15) is 30.9 Å². The molecule has 2 aliphatic rings. The van der Waals surface area contributed by atoms with Gasteiger partial charge in [0.25, 0.3) is 0 Å². The largest absolute Gasteiger partial charge is 0.393 e. The molecule has 0 bridgehead atoms. The number of rotatable bonds is 5. The van der Waals surface area contributed by atoms with Crippen molar-refractivity contribution < 1.29 is 10.2 Å². The Morgan fingerprint density at radius 3 is 2.67 bits per heavy atom. The minimum atomic E-state index is -0.838. The van der Waals surface area contributed by atoms with Gasteiger partial charge in [-0.25, -0.2) is 0 Å². The minimum absolute atomic E-state index is 0.275. The van der Waals surface area contributed by atoms with Gasteiger partial charge < -0.3 is 20.4 Å². The molecule has 27 heavy (non-hydrogen) atoms. The Bertz CT molecular complexity index is 889. The number of nitrogens with one attached hydrogen (secondary N) is 1. The third-order valence-electron chi connectivity index (χ3n) is 5.19. The smallest absolute Gasteiger partial charge is 0.102 e. The van der Waals surface area contributed by atoms with Crippen LogP contribution in [0.3, 0.4) is 0 Å². The number of aliphatic hydroxyl groups is 2. The van der Waals surface area contributed by atoms with E-state index < -0.39 is 6.10 Å². The molecule has 4 rings (SSSR count). The molecule has 0 aromatic heterocycles. The first-order valence-electron chi connectivity index (χ1n) is 9.25. The first-order chi connectivity index (χ1) is 13.1. The molecule has 0 fully saturated rings. The fraction of sp³-hybridized carbons (Fsp3) is 0.273. The van der Waals surface area contributed by atoms with E-state index in [1.165, 1.54) is 17.6 Å². The van der Waals surface area contributed by atoms with Crippen molar-refractivity contribution in [2.45, 2.75) is 25.4 Å². The summed E-state index contributed by atoms with van der Waals surface area (Å²) in [5.41, 5.74) is 6.76. The van der Waals surface area contributed by atoms with Crippen LogP contribution in [0.4, 0.5) is 11.4 Å². The molecule has 3 N–H and O–H groups in total. The van der Waals surface area contributed by atoms with Crippen LogP contribution < -0.4 is 10.2 Å². The molecule has 0 radical (unpaired) electrons. The van der Waals surface area contributed by atoms with E-state index in [0.29, 0.717) is 5.56 Å². The zero-order valence-corrected chi connectivity index (χ0v) is 15.8. The highest BCUT2D eigenvalue weighted by Crippen LogP contribution is 2.37. The van der Waals surface area contributed by atoms with Crippen molar-refractivity contribution in [3.05, 3.63) is 82.2 Å². The van der Waals surface area contributed by atoms with E-state index in [1.54, 1.807) is 0 Å². The fourth-order valence-corrected chi connectivity index (χ4v) is 3.95. The summed E-state index contributed by atoms with van der Waals surface area (Å²) < 4.78 is 0. The number of benzene rings is 2. The van der Waals surface area contributed by atoms with E-state index in [1.807, 2.05) is 42.5 Å². The maximum absolute atomic E-state index is 9.74. The monoisotopic (exact) mass is 382 g/mol. The topological polar surface area (TPSA) is 55.7 Å². The van der Waals surface area contributed by atoms with Gasteiger partial charge in [0, 0.05) is 29.1 Å². The second-order valence-corrected chi connectivity index (χ2v) is 7.47. The number of hydrogen-bond acceptors (Lipinski definition) is 4. The van der Waals surface area contributed by atoms with Crippen LogP contribution in [0.15, 0.2) is 71.6 Å². The molecule has 2 aromatic carbocycles. The summed E-state index contributed by atoms with van der Waals surface area (Å²) in [6.07, 6.45) is 4.74. The van der Waals surface area contributed by atoms with Gasteiger partial charge in [0.1, 0.15) is 6.10 Å². The lowest BCUT2D eigenvalue weighted by molar-refractivity contribution is 0.0956. The van der Waals surface area contributed by atoms with Crippen LogP contribution >= 0.6 is 11.6 Å². The summed E-state index contributed by atoms with van der Waals surface area (Å²) in [6.45, 7) is 0.630. The Labute approximate surface area is 164 Å². The highest BCUT2D eigenvalue weighted by molar-refractivity contribution is 6.30. The van der Waals surface area contributed by atoms with Gasteiger partial charge in [0.05, 0.1) is 12.3 Å². The summed E-state index contributed by atoms with van der Waals surface area (Å²) in [7, 11) is 0. The van der Waals surface area contributed by atoms with Crippen molar-refractivity contribution in [2.75, 3.05) is 23.4 Å². The molecule has 5 heteroatoms. The third-order valence-corrected chi connectivity index (χ3v) is 5.43. The van der Waals surface area contributed by atoms with Gasteiger partial charge >= 0.3 is 0 Å². The molecule has 1 heterocycles. The Hall–Kier alpha value is -2.27. The Balaban J connectivity index is 1.60. The molecular weight excluding hydrogens is 360 g/mol. The van der Waals surface area contributed by atoms with Crippen molar-refractivity contribution >= 4 is 23.0 Å². The van der Waals surface area contributed by atoms with Crippen molar-refractivity contribution in [1.29, 1.82) is 0 Å². The molecule has 1 aliphatic heterocycles. The number of nitrogens with zero attached hydrogens (tertiary/aromatic N) is 1. The van der Waals surface area contributed by atoms with E-state index in [2.05, 4.69) is 22.5 Å². The molecule has 1 atom stereocenters. The van der Waals surface area contributed by atoms with E-state index >= 15 is 0 Å². The molecule has 140 valence electrons. The maximum atomic E-state index is 9.74. The molecule has 0 spiro atoms. The first kappa shape index (κ1) is 18.1. The highest BCUT2D eigenvalue weighted by atomic mass is 35.5. The summed E-state index contributed by atoms with van der Waals surface area (Å²) in [5.74, 6) is 0. The van der Waals surface area contributed by atoms with Crippen LogP contribution in [0.2, 0.25) is 5.02 Å². The molecular formula is C22H23ClN2O2. The molecule has 1 unspecified atom stereocenters. The summed E-state index contributed by atoms with van der Waals surface area (Å²) in [6, 6.07) is 15.5. The number of anilines is 2. The number of halogens is 1. The quantitative estimate of drug-likeness (QED) is 0.706. The summed E-state index contributed by atoms with van der Waals surface area (Å²) in [4.78, 5) is 2.24. The van der Waals surface area contributed by atoms with E-state index in [9.17, 15) is 5.11 Å². The van der Waals surface area contributed by atoms with Crippen molar-refractivity contribution in [3.63, 3.8) is 0 Å². The maximum Gasteiger partial charge on any atom is 0.102 e. The lowest BCUT2D eigenvalue weighted by Crippen LogP contribution is -2.25. The number of hydrogen-bond donors (Lipinski definition) is 3. The lowest BCUT2D eigenvalue weighted by Gasteiger charge is -2.29. The number of aliphatic hydroxyl groups excluding tert-OH is 2. The average Bonchev–Trinajstić information content (AvgIpc) is 3.17. The zero-order chi connectivity index (χ0) is 18.8. The van der Waals surface area contributed by atoms with Gasteiger partial charge in [-0.3, -0.25) is 0 Å². The predicted molar refractivity (Wildman–Crippen MR) is 110 cm³/mol. The van der Waals surface area contributed by atoms with E-state index in [-0.39, 0.29) is 6.61 Å². The summed E-state index contributed by atoms with van der Waals surface area (Å²) in [5, 5.41) is 23.1. The summed E-state index contributed by atoms with van der Waals surface area (Å²) >= 11 is 6.18. The zero-order valence-electron chi connectivity index (χ0n) is 15.0. The van der Waals surface area contributed by atoms with Crippen LogP contribution in [-0.4, -0.2) is 23.4 Å². The van der Waals surface area contributed by atoms with Crippen LogP contribution in [0.5, 0.6) is 0 Å². The Kier molecular flexibility index (Phi) is 5.21. The van der Waals surface area contributed by atoms with Gasteiger partial charge in [0.2, 0.25) is 0 Å². The average molecular weight is 383 g/mol. The highest BCUT2D eigenvalue weighted by Gasteiger charge is 2.25. The van der Waals surface area contributed by atoms with Gasteiger partial charge in [-0.05, 0) is 66.3 Å². The second kappa shape index (κ2) is 7.77. The van der Waals surface area contributed by atoms with Crippen molar-refractivity contribution in [3.8, 4) is 0 Å². The van der Waals surface area contributed by atoms with Crippen molar-refractivity contribution in [1.82, 2.24) is 0 Å². The van der Waals surface area contributed by atoms with E-state index in [0.717, 1.165) is 41.5 Å². The predicted octanol–water partition coefficient (Wildman–Crippen LogP) is 4.62. The van der Waals surface area contributed by atoms with Gasteiger partial charge in [-0.2, -0.15) is 0 Å². The SMILES string of the molecule is OCC(O)c1ccc(NC2=CN(c3cccc(Cl)c3)CC3=C2CCC3)cc1. The van der Waals surface area contributed by atoms with Crippen LogP contribution in [0.25, 0.3) is 0 Å². The molecule has 4 nitrogen and oxygen atoms in total. The lowest BCUT2D eigenvalue weighted by atomic mass is 10.0. The third kappa shape index (κ3) is 3.88. The minimum Gasteiger partial charge on any atom is -0.393 e. The van der Waals surface area contributed by atoms with Crippen molar-refractivity contribution in [2.24, 2.45) is 0 Å². The fourth-order valence-electron chi connectivity index (χ4n) is 3.77. The second-order valence-electron chi connectivity index (χ2n) is 7.03. The first-order valence-corrected chi connectivity index (χ1v) is 9.63. The molecule has 0 saturated carbocycles. The van der Waals surface area contributed by atoms with Gasteiger partial charge in [0.15, 0.2) is 0 Å². The molecule has 0 saturated heterocycles. The molecule has 2 aromatic rings. The molecule has 1 aliphatic carbocycles. The Morgan fingerprint density at radius 2 is 1.93 bits per heavy atom. The van der Waals surface area contributed by atoms with Gasteiger partial charge in [-0.15, -0.1) is 0 Å². The standard InChI is InChI=1S/C22H23ClN2O2/c23-17-4-2-5-19(11-17)25-12-16-3-1-6-20(16)21(13-25)24-18-9-7-15(8-10-18)22(27)14-26/h2,4-5,7-11,13,22,24,26-27H,1,3,6,12,14H2. The van der Waals surface area contributed by atoms with E-state index in [4.69, 9.17) is 16.7 Å². The normalized spacial score (nSPS) is 17.6. The Morgan fingerprint density at radius 1 is 1.11 bits per heavy atom. The molecule has 0 amide bonds.